The zero-order valence-electron chi connectivity index (χ0n) is 14.8. The quantitative estimate of drug-likeness (QED) is 0.493. The number of nitro groups is 1. The summed E-state index contributed by atoms with van der Waals surface area (Å²) >= 11 is 6.01. The molecular weight excluding hydrogens is 370 g/mol. The van der Waals surface area contributed by atoms with Crippen molar-refractivity contribution < 1.29 is 14.5 Å². The summed E-state index contributed by atoms with van der Waals surface area (Å²) in [6.45, 7) is 2.34. The molecule has 0 aliphatic carbocycles. The van der Waals surface area contributed by atoms with Gasteiger partial charge in [-0.15, -0.1) is 0 Å². The third kappa shape index (κ3) is 3.88. The maximum absolute atomic E-state index is 12.4. The molecule has 8 heteroatoms. The summed E-state index contributed by atoms with van der Waals surface area (Å²) in [5.74, 6) is 0.314. The Morgan fingerprint density at radius 3 is 2.78 bits per heavy atom. The summed E-state index contributed by atoms with van der Waals surface area (Å²) in [5.41, 5.74) is 3.00. The maximum Gasteiger partial charge on any atom is 0.270 e. The van der Waals surface area contributed by atoms with Gasteiger partial charge in [0.05, 0.1) is 22.6 Å². The van der Waals surface area contributed by atoms with E-state index in [1.165, 1.54) is 18.2 Å². The lowest BCUT2D eigenvalue weighted by molar-refractivity contribution is -0.384. The molecule has 3 aromatic rings. The first kappa shape index (κ1) is 18.7. The molecule has 0 spiro atoms. The van der Waals surface area contributed by atoms with Crippen molar-refractivity contribution in [2.45, 2.75) is 13.3 Å². The Labute approximate surface area is 160 Å². The van der Waals surface area contributed by atoms with Gasteiger partial charge in [0.25, 0.3) is 11.6 Å². The molecule has 0 bridgehead atoms. The monoisotopic (exact) mass is 387 g/mol. The summed E-state index contributed by atoms with van der Waals surface area (Å²) in [5, 5.41) is 14.9. The van der Waals surface area contributed by atoms with Gasteiger partial charge in [0.15, 0.2) is 0 Å². The van der Waals surface area contributed by atoms with Crippen molar-refractivity contribution in [1.29, 1.82) is 0 Å². The number of aromatic nitrogens is 1. The number of H-pyrrole nitrogens is 1. The average molecular weight is 388 g/mol. The third-order valence-electron chi connectivity index (χ3n) is 4.39. The molecule has 1 heterocycles. The van der Waals surface area contributed by atoms with Crippen molar-refractivity contribution in [2.24, 2.45) is 0 Å². The molecule has 3 rings (SSSR count). The number of methoxy groups -OCH3 is 1. The second-order valence-corrected chi connectivity index (χ2v) is 6.47. The van der Waals surface area contributed by atoms with Crippen molar-refractivity contribution >= 4 is 34.1 Å². The standard InChI is InChI=1S/C19H18ClN3O4/c1-11-14(15-10-13(27-2)4-6-18(15)22-11)7-8-21-19(24)16-9-12(23(25)26)3-5-17(16)20/h3-6,9-10,22H,7-8H2,1-2H3,(H,21,24). The molecule has 140 valence electrons. The topological polar surface area (TPSA) is 97.3 Å². The Balaban J connectivity index is 1.74. The van der Waals surface area contributed by atoms with E-state index in [4.69, 9.17) is 16.3 Å². The molecular formula is C19H18ClN3O4. The van der Waals surface area contributed by atoms with Gasteiger partial charge in [0.1, 0.15) is 5.75 Å². The Morgan fingerprint density at radius 1 is 1.30 bits per heavy atom. The van der Waals surface area contributed by atoms with Crippen LogP contribution in [-0.2, 0) is 6.42 Å². The van der Waals surface area contributed by atoms with Crippen LogP contribution in [0.25, 0.3) is 10.9 Å². The highest BCUT2D eigenvalue weighted by Crippen LogP contribution is 2.27. The highest BCUT2D eigenvalue weighted by Gasteiger charge is 2.16. The second-order valence-electron chi connectivity index (χ2n) is 6.07. The molecule has 0 aliphatic heterocycles. The summed E-state index contributed by atoms with van der Waals surface area (Å²) < 4.78 is 5.28. The number of nitrogens with one attached hydrogen (secondary N) is 2. The number of benzene rings is 2. The molecule has 2 aromatic carbocycles. The van der Waals surface area contributed by atoms with Gasteiger partial charge in [-0.2, -0.15) is 0 Å². The first-order chi connectivity index (χ1) is 12.9. The van der Waals surface area contributed by atoms with Gasteiger partial charge >= 0.3 is 0 Å². The van der Waals surface area contributed by atoms with Crippen LogP contribution in [0, 0.1) is 17.0 Å². The van der Waals surface area contributed by atoms with Crippen LogP contribution in [-0.4, -0.2) is 29.5 Å². The Bertz CT molecular complexity index is 1030. The number of carbonyl (C=O) groups is 1. The Morgan fingerprint density at radius 2 is 2.07 bits per heavy atom. The number of halogens is 1. The molecule has 0 atom stereocenters. The number of carbonyl (C=O) groups excluding carboxylic acids is 1. The van der Waals surface area contributed by atoms with E-state index in [0.29, 0.717) is 13.0 Å². The van der Waals surface area contributed by atoms with Crippen molar-refractivity contribution in [2.75, 3.05) is 13.7 Å². The van der Waals surface area contributed by atoms with Crippen molar-refractivity contribution in [3.63, 3.8) is 0 Å². The summed E-state index contributed by atoms with van der Waals surface area (Å²) in [7, 11) is 1.61. The van der Waals surface area contributed by atoms with Crippen LogP contribution < -0.4 is 10.1 Å². The third-order valence-corrected chi connectivity index (χ3v) is 4.72. The van der Waals surface area contributed by atoms with Crippen LogP contribution in [0.15, 0.2) is 36.4 Å². The molecule has 0 radical (unpaired) electrons. The van der Waals surface area contributed by atoms with Crippen LogP contribution in [0.1, 0.15) is 21.6 Å². The Kier molecular flexibility index (Phi) is 5.32. The minimum absolute atomic E-state index is 0.0863. The van der Waals surface area contributed by atoms with Gasteiger partial charge in [0.2, 0.25) is 0 Å². The SMILES string of the molecule is COc1ccc2[nH]c(C)c(CCNC(=O)c3cc([N+](=O)[O-])ccc3Cl)c2c1. The normalized spacial score (nSPS) is 10.8. The highest BCUT2D eigenvalue weighted by molar-refractivity contribution is 6.33. The number of aryl methyl sites for hydroxylation is 1. The van der Waals surface area contributed by atoms with Gasteiger partial charge in [0, 0.05) is 35.3 Å². The number of rotatable bonds is 6. The van der Waals surface area contributed by atoms with E-state index in [0.717, 1.165) is 27.9 Å². The van der Waals surface area contributed by atoms with E-state index in [2.05, 4.69) is 10.3 Å². The molecule has 0 saturated carbocycles. The lowest BCUT2D eigenvalue weighted by Gasteiger charge is -2.08. The average Bonchev–Trinajstić information content (AvgIpc) is 2.96. The molecule has 27 heavy (non-hydrogen) atoms. The summed E-state index contributed by atoms with van der Waals surface area (Å²) in [6, 6.07) is 9.58. The summed E-state index contributed by atoms with van der Waals surface area (Å²) in [4.78, 5) is 26.0. The van der Waals surface area contributed by atoms with E-state index >= 15 is 0 Å². The predicted molar refractivity (Wildman–Crippen MR) is 104 cm³/mol. The van der Waals surface area contributed by atoms with E-state index in [1.807, 2.05) is 25.1 Å². The molecule has 0 aliphatic rings. The fourth-order valence-electron chi connectivity index (χ4n) is 3.01. The molecule has 2 N–H and O–H groups in total. The first-order valence-electron chi connectivity index (χ1n) is 8.28. The van der Waals surface area contributed by atoms with Crippen molar-refractivity contribution in [3.05, 3.63) is 68.4 Å². The molecule has 1 aromatic heterocycles. The van der Waals surface area contributed by atoms with Crippen LogP contribution in [0.2, 0.25) is 5.02 Å². The van der Waals surface area contributed by atoms with Gasteiger partial charge in [-0.1, -0.05) is 11.6 Å². The van der Waals surface area contributed by atoms with E-state index in [-0.39, 0.29) is 16.3 Å². The number of nitrogens with zero attached hydrogens (tertiary/aromatic N) is 1. The maximum atomic E-state index is 12.4. The zero-order valence-corrected chi connectivity index (χ0v) is 15.6. The number of aromatic amines is 1. The molecule has 1 amide bonds. The van der Waals surface area contributed by atoms with E-state index in [1.54, 1.807) is 7.11 Å². The number of non-ortho nitro benzene ring substituents is 1. The minimum Gasteiger partial charge on any atom is -0.497 e. The molecule has 0 saturated heterocycles. The largest absolute Gasteiger partial charge is 0.497 e. The minimum atomic E-state index is -0.560. The number of fused-ring (bicyclic) bond motifs is 1. The van der Waals surface area contributed by atoms with Crippen LogP contribution >= 0.6 is 11.6 Å². The predicted octanol–water partition coefficient (Wildman–Crippen LogP) is 4.02. The second kappa shape index (κ2) is 7.67. The zero-order chi connectivity index (χ0) is 19.6. The number of ether oxygens (including phenoxy) is 1. The van der Waals surface area contributed by atoms with E-state index < -0.39 is 10.8 Å². The molecule has 7 nitrogen and oxygen atoms in total. The number of hydrogen-bond donors (Lipinski definition) is 2. The fourth-order valence-corrected chi connectivity index (χ4v) is 3.21. The van der Waals surface area contributed by atoms with Crippen molar-refractivity contribution in [3.8, 4) is 5.75 Å². The van der Waals surface area contributed by atoms with Crippen LogP contribution in [0.3, 0.4) is 0 Å². The van der Waals surface area contributed by atoms with E-state index in [9.17, 15) is 14.9 Å². The summed E-state index contributed by atoms with van der Waals surface area (Å²) in [6.07, 6.45) is 0.595. The number of hydrogen-bond acceptors (Lipinski definition) is 4. The lowest BCUT2D eigenvalue weighted by Crippen LogP contribution is -2.26. The van der Waals surface area contributed by atoms with Gasteiger partial charge in [-0.25, -0.2) is 0 Å². The first-order valence-corrected chi connectivity index (χ1v) is 8.66. The van der Waals surface area contributed by atoms with Gasteiger partial charge in [-0.3, -0.25) is 14.9 Å². The molecule has 0 fully saturated rings. The lowest BCUT2D eigenvalue weighted by atomic mass is 10.1. The van der Waals surface area contributed by atoms with Crippen molar-refractivity contribution in [1.82, 2.24) is 10.3 Å². The van der Waals surface area contributed by atoms with Gasteiger partial charge < -0.3 is 15.0 Å². The fraction of sp³-hybridized carbons (Fsp3) is 0.211. The van der Waals surface area contributed by atoms with Gasteiger partial charge in [-0.05, 0) is 43.2 Å². The number of amides is 1. The highest BCUT2D eigenvalue weighted by atomic mass is 35.5. The van der Waals surface area contributed by atoms with Crippen LogP contribution in [0.5, 0.6) is 5.75 Å². The van der Waals surface area contributed by atoms with Crippen LogP contribution in [0.4, 0.5) is 5.69 Å². The molecule has 0 unspecified atom stereocenters. The number of nitro benzene ring substituents is 1. The Hall–Kier alpha value is -3.06. The smallest absolute Gasteiger partial charge is 0.270 e.